The molecular weight excluding hydrogens is 510 g/mol. The van der Waals surface area contributed by atoms with Crippen molar-refractivity contribution in [2.45, 2.75) is 58.1 Å². The van der Waals surface area contributed by atoms with E-state index >= 15 is 0 Å². The minimum atomic E-state index is -0.198. The lowest BCUT2D eigenvalue weighted by molar-refractivity contribution is -0.142. The Kier molecular flexibility index (Phi) is 8.01. The topological polar surface area (TPSA) is 131 Å². The summed E-state index contributed by atoms with van der Waals surface area (Å²) in [4.78, 5) is 31.1. The number of ether oxygens (including phenoxy) is 2. The van der Waals surface area contributed by atoms with Crippen LogP contribution in [0.25, 0.3) is 22.8 Å². The van der Waals surface area contributed by atoms with Crippen LogP contribution < -0.4 is 10.1 Å². The molecule has 1 aliphatic carbocycles. The molecule has 0 bridgehead atoms. The summed E-state index contributed by atoms with van der Waals surface area (Å²) in [6.07, 6.45) is 3.49. The van der Waals surface area contributed by atoms with Gasteiger partial charge in [-0.1, -0.05) is 23.4 Å². The average Bonchev–Trinajstić information content (AvgIpc) is 3.61. The molecule has 0 radical (unpaired) electrons. The van der Waals surface area contributed by atoms with Gasteiger partial charge in [-0.05, 0) is 74.8 Å². The quantitative estimate of drug-likeness (QED) is 0.411. The third-order valence-electron chi connectivity index (χ3n) is 7.53. The number of aromatic nitrogens is 2. The summed E-state index contributed by atoms with van der Waals surface area (Å²) >= 11 is 0. The number of benzene rings is 2. The van der Waals surface area contributed by atoms with E-state index < -0.39 is 0 Å². The Labute approximate surface area is 233 Å². The summed E-state index contributed by atoms with van der Waals surface area (Å²) < 4.78 is 16.1. The highest BCUT2D eigenvalue weighted by atomic mass is 16.5. The first-order valence-electron chi connectivity index (χ1n) is 13.7. The molecule has 1 aliphatic heterocycles. The van der Waals surface area contributed by atoms with Crippen molar-refractivity contribution in [1.82, 2.24) is 20.4 Å². The molecule has 0 saturated carbocycles. The van der Waals surface area contributed by atoms with E-state index in [0.717, 1.165) is 42.4 Å². The number of hydrogen-bond acceptors (Lipinski definition) is 8. The third kappa shape index (κ3) is 5.78. The summed E-state index contributed by atoms with van der Waals surface area (Å²) in [6.45, 7) is 5.06. The average molecular weight is 544 g/mol. The highest BCUT2D eigenvalue weighted by Crippen LogP contribution is 2.38. The Morgan fingerprint density at radius 2 is 2.00 bits per heavy atom. The normalized spacial score (nSPS) is 16.9. The monoisotopic (exact) mass is 543 g/mol. The number of methoxy groups -OCH3 is 1. The number of urea groups is 1. The fourth-order valence-electron chi connectivity index (χ4n) is 5.47. The minimum absolute atomic E-state index is 0.0491. The van der Waals surface area contributed by atoms with Gasteiger partial charge in [0.25, 0.3) is 5.89 Å². The number of hydrogen-bond donors (Lipinski definition) is 1. The Bertz CT molecular complexity index is 1430. The van der Waals surface area contributed by atoms with E-state index in [0.29, 0.717) is 48.1 Å². The van der Waals surface area contributed by atoms with Crippen LogP contribution in [0.2, 0.25) is 0 Å². The van der Waals surface area contributed by atoms with Crippen molar-refractivity contribution < 1.29 is 23.6 Å². The zero-order chi connectivity index (χ0) is 28.2. The smallest absolute Gasteiger partial charge is 0.317 e. The van der Waals surface area contributed by atoms with Gasteiger partial charge < -0.3 is 24.2 Å². The number of amides is 2. The van der Waals surface area contributed by atoms with Gasteiger partial charge in [-0.3, -0.25) is 4.79 Å². The first kappa shape index (κ1) is 27.2. The van der Waals surface area contributed by atoms with Crippen LogP contribution in [-0.2, 0) is 16.0 Å². The van der Waals surface area contributed by atoms with Crippen LogP contribution in [0.3, 0.4) is 0 Å². The molecule has 2 heterocycles. The van der Waals surface area contributed by atoms with Crippen molar-refractivity contribution in [1.29, 1.82) is 5.26 Å². The molecule has 1 atom stereocenters. The Morgan fingerprint density at radius 1 is 1.20 bits per heavy atom. The number of nitriles is 1. The highest BCUT2D eigenvalue weighted by molar-refractivity contribution is 5.76. The van der Waals surface area contributed by atoms with Crippen LogP contribution in [0.4, 0.5) is 4.79 Å². The predicted molar refractivity (Wildman–Crippen MR) is 146 cm³/mol. The molecular formula is C30H33N5O5. The molecule has 0 unspecified atom stereocenters. The first-order chi connectivity index (χ1) is 19.4. The molecule has 0 spiro atoms. The fourth-order valence-corrected chi connectivity index (χ4v) is 5.47. The maximum Gasteiger partial charge on any atom is 0.317 e. The molecule has 5 rings (SSSR count). The van der Waals surface area contributed by atoms with Crippen LogP contribution in [0, 0.1) is 17.2 Å². The van der Waals surface area contributed by atoms with E-state index in [1.54, 1.807) is 18.2 Å². The highest BCUT2D eigenvalue weighted by Gasteiger charge is 2.31. The molecule has 40 heavy (non-hydrogen) atoms. The van der Waals surface area contributed by atoms with Crippen LogP contribution >= 0.6 is 0 Å². The van der Waals surface area contributed by atoms with E-state index in [1.165, 1.54) is 7.11 Å². The van der Waals surface area contributed by atoms with Gasteiger partial charge in [-0.25, -0.2) is 4.79 Å². The summed E-state index contributed by atoms with van der Waals surface area (Å²) in [5.41, 5.74) is 4.06. The van der Waals surface area contributed by atoms with Gasteiger partial charge in [-0.2, -0.15) is 10.2 Å². The van der Waals surface area contributed by atoms with Crippen molar-refractivity contribution >= 4 is 12.0 Å². The van der Waals surface area contributed by atoms with E-state index in [9.17, 15) is 14.9 Å². The second kappa shape index (κ2) is 11.8. The van der Waals surface area contributed by atoms with E-state index in [4.69, 9.17) is 14.0 Å². The second-order valence-corrected chi connectivity index (χ2v) is 10.5. The molecule has 10 heteroatoms. The molecule has 1 saturated heterocycles. The molecule has 10 nitrogen and oxygen atoms in total. The number of nitrogens with one attached hydrogen (secondary N) is 1. The molecule has 2 amide bonds. The molecule has 1 aromatic heterocycles. The van der Waals surface area contributed by atoms with Crippen molar-refractivity contribution in [2.75, 3.05) is 20.2 Å². The van der Waals surface area contributed by atoms with E-state index in [2.05, 4.69) is 21.5 Å². The number of carbonyl (C=O) groups is 2. The van der Waals surface area contributed by atoms with E-state index in [1.807, 2.05) is 36.9 Å². The largest absolute Gasteiger partial charge is 0.490 e. The second-order valence-electron chi connectivity index (χ2n) is 10.5. The van der Waals surface area contributed by atoms with Crippen molar-refractivity contribution in [2.24, 2.45) is 5.92 Å². The number of esters is 1. The zero-order valence-electron chi connectivity index (χ0n) is 23.0. The van der Waals surface area contributed by atoms with Crippen molar-refractivity contribution in [3.8, 4) is 34.7 Å². The molecule has 208 valence electrons. The van der Waals surface area contributed by atoms with Gasteiger partial charge in [0.05, 0.1) is 24.8 Å². The maximum absolute atomic E-state index is 13.1. The summed E-state index contributed by atoms with van der Waals surface area (Å²) in [5, 5.41) is 17.0. The minimum Gasteiger partial charge on any atom is -0.490 e. The summed E-state index contributed by atoms with van der Waals surface area (Å²) in [5.74, 6) is 1.35. The van der Waals surface area contributed by atoms with E-state index in [-0.39, 0.29) is 30.1 Å². The lowest BCUT2D eigenvalue weighted by atomic mass is 9.94. The Balaban J connectivity index is 1.27. The summed E-state index contributed by atoms with van der Waals surface area (Å²) in [6, 6.07) is 13.2. The number of rotatable bonds is 7. The molecule has 2 aromatic carbocycles. The van der Waals surface area contributed by atoms with Gasteiger partial charge in [0, 0.05) is 30.6 Å². The fraction of sp³-hybridized carbons (Fsp3) is 0.433. The van der Waals surface area contributed by atoms with Gasteiger partial charge >= 0.3 is 12.0 Å². The number of carbonyl (C=O) groups excluding carboxylic acids is 2. The van der Waals surface area contributed by atoms with Crippen molar-refractivity contribution in [3.05, 3.63) is 53.1 Å². The van der Waals surface area contributed by atoms with Gasteiger partial charge in [0.1, 0.15) is 11.8 Å². The molecule has 1 fully saturated rings. The lowest BCUT2D eigenvalue weighted by Crippen LogP contribution is -2.45. The summed E-state index contributed by atoms with van der Waals surface area (Å²) in [7, 11) is 1.40. The van der Waals surface area contributed by atoms with Gasteiger partial charge in [0.15, 0.2) is 0 Å². The standard InChI is InChI=1S/C30H33N5O5/c1-18(2)39-26-10-7-20(16-21(26)17-31)29-33-28(34-40-29)24-6-4-5-23-22(24)8-9-25(23)32-30(37)35-13-11-19(12-14-35)15-27(36)38-3/h4-7,10,16,18-19,25H,8-9,11-15H2,1-3H3,(H,32,37)/t25-/m1/s1. The third-order valence-corrected chi connectivity index (χ3v) is 7.53. The predicted octanol–water partition coefficient (Wildman–Crippen LogP) is 5.03. The molecule has 1 N–H and O–H groups in total. The number of likely N-dealkylation sites (tertiary alicyclic amines) is 1. The van der Waals surface area contributed by atoms with Crippen LogP contribution in [0.1, 0.15) is 62.3 Å². The number of piperidine rings is 1. The van der Waals surface area contributed by atoms with Crippen LogP contribution in [0.5, 0.6) is 5.75 Å². The Morgan fingerprint density at radius 3 is 2.73 bits per heavy atom. The van der Waals surface area contributed by atoms with Crippen LogP contribution in [-0.4, -0.2) is 53.3 Å². The first-order valence-corrected chi connectivity index (χ1v) is 13.7. The zero-order valence-corrected chi connectivity index (χ0v) is 23.0. The molecule has 2 aliphatic rings. The van der Waals surface area contributed by atoms with Gasteiger partial charge in [0.2, 0.25) is 5.82 Å². The SMILES string of the molecule is COC(=O)CC1CCN(C(=O)N[C@@H]2CCc3c(-c4noc(-c5ccc(OC(C)C)c(C#N)c5)n4)cccc32)CC1. The maximum atomic E-state index is 13.1. The van der Waals surface area contributed by atoms with Crippen LogP contribution in [0.15, 0.2) is 40.9 Å². The van der Waals surface area contributed by atoms with Gasteiger partial charge in [-0.15, -0.1) is 0 Å². The number of nitrogens with zero attached hydrogens (tertiary/aromatic N) is 4. The van der Waals surface area contributed by atoms with Crippen molar-refractivity contribution in [3.63, 3.8) is 0 Å². The lowest BCUT2D eigenvalue weighted by Gasteiger charge is -2.32. The number of fused-ring (bicyclic) bond motifs is 1. The Hall–Kier alpha value is -4.39. The molecule has 3 aromatic rings.